The van der Waals surface area contributed by atoms with Crippen LogP contribution in [0.5, 0.6) is 0 Å². The topological polar surface area (TPSA) is 234 Å². The number of aliphatic carboxylic acids is 3. The second-order valence-corrected chi connectivity index (χ2v) is 12.8. The monoisotopic (exact) mass is 724 g/mol. The average Bonchev–Trinajstić information content (AvgIpc) is 3.50. The normalized spacial score (nSPS) is 16.4. The zero-order chi connectivity index (χ0) is 37.5. The van der Waals surface area contributed by atoms with Crippen LogP contribution in [0.2, 0.25) is 0 Å². The van der Waals surface area contributed by atoms with Crippen molar-refractivity contribution in [2.75, 3.05) is 78.5 Å². The summed E-state index contributed by atoms with van der Waals surface area (Å²) in [5, 5.41) is 32.1. The van der Waals surface area contributed by atoms with Gasteiger partial charge in [-0.1, -0.05) is 42.5 Å². The minimum atomic E-state index is -1.02. The lowest BCUT2D eigenvalue weighted by Gasteiger charge is -2.32. The van der Waals surface area contributed by atoms with Crippen molar-refractivity contribution in [3.05, 3.63) is 71.4 Å². The summed E-state index contributed by atoms with van der Waals surface area (Å²) in [4.78, 5) is 75.5. The quantitative estimate of drug-likeness (QED) is 0.0913. The highest BCUT2D eigenvalue weighted by Crippen LogP contribution is 2.15. The maximum Gasteiger partial charge on any atom is 0.317 e. The van der Waals surface area contributed by atoms with Gasteiger partial charge in [0.1, 0.15) is 0 Å². The second-order valence-electron chi connectivity index (χ2n) is 12.8. The number of fused-ring (bicyclic) bond motifs is 1. The van der Waals surface area contributed by atoms with Crippen molar-refractivity contribution in [3.63, 3.8) is 0 Å². The number of nitrogens with one attached hydrogen (secondary N) is 3. The van der Waals surface area contributed by atoms with Crippen LogP contribution in [0.1, 0.15) is 16.8 Å². The number of benzene rings is 2. The predicted molar refractivity (Wildman–Crippen MR) is 190 cm³/mol. The molecule has 1 saturated heterocycles. The Morgan fingerprint density at radius 3 is 1.69 bits per heavy atom. The van der Waals surface area contributed by atoms with Crippen LogP contribution in [-0.2, 0) is 48.4 Å². The maximum absolute atomic E-state index is 13.0. The van der Waals surface area contributed by atoms with Crippen LogP contribution in [0.15, 0.2) is 54.6 Å². The van der Waals surface area contributed by atoms with E-state index in [4.69, 9.17) is 10.6 Å². The number of hydroxylamine groups is 1. The lowest BCUT2D eigenvalue weighted by molar-refractivity contribution is -0.140. The van der Waals surface area contributed by atoms with E-state index in [2.05, 4.69) is 15.8 Å². The number of nitrogens with zero attached hydrogens (tertiary/aromatic N) is 4. The van der Waals surface area contributed by atoms with Crippen molar-refractivity contribution in [2.45, 2.75) is 25.6 Å². The number of hydrogen-bond acceptors (Lipinski definition) is 11. The number of carboxylic acid groups (broad SMARTS) is 3. The molecule has 4 rings (SSSR count). The van der Waals surface area contributed by atoms with E-state index in [1.165, 1.54) is 0 Å². The van der Waals surface area contributed by atoms with Gasteiger partial charge < -0.3 is 31.4 Å². The number of amides is 2. The summed E-state index contributed by atoms with van der Waals surface area (Å²) >= 11 is 0. The first-order valence-corrected chi connectivity index (χ1v) is 17.1. The van der Waals surface area contributed by atoms with Gasteiger partial charge in [0, 0.05) is 76.5 Å². The summed E-state index contributed by atoms with van der Waals surface area (Å²) in [6.45, 7) is 2.17. The van der Waals surface area contributed by atoms with Gasteiger partial charge in [0.05, 0.1) is 38.8 Å². The van der Waals surface area contributed by atoms with Gasteiger partial charge in [-0.2, -0.15) is 0 Å². The van der Waals surface area contributed by atoms with E-state index in [1.807, 2.05) is 59.5 Å². The molecule has 3 aromatic rings. The van der Waals surface area contributed by atoms with E-state index in [0.717, 1.165) is 27.7 Å². The van der Waals surface area contributed by atoms with Crippen LogP contribution in [0.3, 0.4) is 0 Å². The van der Waals surface area contributed by atoms with Crippen LogP contribution >= 0.6 is 0 Å². The highest BCUT2D eigenvalue weighted by Gasteiger charge is 2.21. The summed E-state index contributed by atoms with van der Waals surface area (Å²) in [5.74, 6) is -3.76. The number of aromatic amines is 1. The van der Waals surface area contributed by atoms with E-state index >= 15 is 0 Å². The molecule has 1 fully saturated rings. The van der Waals surface area contributed by atoms with Crippen molar-refractivity contribution >= 4 is 40.6 Å². The molecule has 0 bridgehead atoms. The van der Waals surface area contributed by atoms with Gasteiger partial charge in [0.15, 0.2) is 0 Å². The van der Waals surface area contributed by atoms with Crippen LogP contribution in [-0.4, -0.2) is 154 Å². The first-order chi connectivity index (χ1) is 24.9. The zero-order valence-corrected chi connectivity index (χ0v) is 29.0. The molecule has 1 atom stereocenters. The Hall–Kier alpha value is -4.91. The predicted octanol–water partition coefficient (Wildman–Crippen LogP) is -0.623. The third-order valence-electron chi connectivity index (χ3n) is 8.66. The van der Waals surface area contributed by atoms with E-state index in [-0.39, 0.29) is 45.2 Å². The van der Waals surface area contributed by atoms with Crippen molar-refractivity contribution in [1.82, 2.24) is 35.4 Å². The molecular formula is C35H48N8O9. The van der Waals surface area contributed by atoms with Crippen LogP contribution in [0.25, 0.3) is 10.9 Å². The lowest BCUT2D eigenvalue weighted by Crippen LogP contribution is -2.49. The Morgan fingerprint density at radius 1 is 0.712 bits per heavy atom. The van der Waals surface area contributed by atoms with E-state index in [0.29, 0.717) is 58.8 Å². The van der Waals surface area contributed by atoms with Gasteiger partial charge in [-0.15, -0.1) is 0 Å². The summed E-state index contributed by atoms with van der Waals surface area (Å²) in [6.07, 6.45) is 0.323. The largest absolute Gasteiger partial charge is 0.480 e. The molecule has 17 nitrogen and oxygen atoms in total. The van der Waals surface area contributed by atoms with Crippen LogP contribution in [0.4, 0.5) is 0 Å². The van der Waals surface area contributed by atoms with Gasteiger partial charge >= 0.3 is 17.9 Å². The highest BCUT2D eigenvalue weighted by atomic mass is 16.6. The number of carboxylic acids is 3. The van der Waals surface area contributed by atoms with Crippen molar-refractivity contribution < 1.29 is 44.1 Å². The third kappa shape index (κ3) is 14.0. The molecule has 0 aliphatic carbocycles. The molecule has 2 aromatic carbocycles. The molecule has 0 unspecified atom stereocenters. The molecule has 282 valence electrons. The zero-order valence-electron chi connectivity index (χ0n) is 29.0. The minimum Gasteiger partial charge on any atom is -0.480 e. The molecule has 0 radical (unpaired) electrons. The van der Waals surface area contributed by atoms with Gasteiger partial charge in [-0.3, -0.25) is 48.4 Å². The summed E-state index contributed by atoms with van der Waals surface area (Å²) in [7, 11) is 0. The van der Waals surface area contributed by atoms with Crippen molar-refractivity contribution in [2.24, 2.45) is 5.73 Å². The second kappa shape index (κ2) is 20.2. The number of nitrogens with two attached hydrogens (primary N) is 1. The molecule has 2 heterocycles. The molecule has 17 heteroatoms. The fraction of sp³-hybridized carbons (Fsp3) is 0.457. The van der Waals surface area contributed by atoms with E-state index in [9.17, 15) is 39.3 Å². The maximum atomic E-state index is 13.0. The molecular weight excluding hydrogens is 676 g/mol. The Labute approximate surface area is 301 Å². The van der Waals surface area contributed by atoms with Gasteiger partial charge in [-0.25, -0.2) is 5.48 Å². The summed E-state index contributed by atoms with van der Waals surface area (Å²) < 4.78 is 0. The Kier molecular flexibility index (Phi) is 15.5. The number of rotatable bonds is 16. The SMILES string of the molecule is N[C@H](Cc1cc2ccccc2[nH]1)C(=O)NOCc1ccc(CNC(=O)CN2CCN(CC(=O)O)CCN(CC(=O)O)CCN(CC(=O)O)CC2)cc1. The standard InChI is InChI=1S/C35H48N8O9/c36-29(18-28-17-27-3-1-2-4-30(27)38-28)35(51)39-52-24-26-7-5-25(6-8-26)19-37-31(44)20-40-9-11-41(21-32(45)46)13-15-43(23-34(49)50)16-14-42(12-10-40)22-33(47)48/h1-8,17,29,38H,9-16,18-24,36H2,(H,37,44)(H,39,51)(H,45,46)(H,47,48)(H,49,50)/t29-/m1/s1. The Bertz CT molecular complexity index is 1590. The number of carbonyl (C=O) groups is 5. The molecule has 2 amide bonds. The fourth-order valence-electron chi connectivity index (χ4n) is 5.84. The Morgan fingerprint density at radius 2 is 1.19 bits per heavy atom. The fourth-order valence-corrected chi connectivity index (χ4v) is 5.84. The number of aromatic nitrogens is 1. The third-order valence-corrected chi connectivity index (χ3v) is 8.66. The number of carbonyl (C=O) groups excluding carboxylic acids is 2. The first kappa shape index (κ1) is 39.9. The van der Waals surface area contributed by atoms with Crippen LogP contribution in [0, 0.1) is 0 Å². The molecule has 0 spiro atoms. The number of hydrogen-bond donors (Lipinski definition) is 7. The lowest BCUT2D eigenvalue weighted by atomic mass is 10.1. The summed E-state index contributed by atoms with van der Waals surface area (Å²) in [5.41, 5.74) is 11.9. The molecule has 1 aliphatic rings. The van der Waals surface area contributed by atoms with Gasteiger partial charge in [-0.05, 0) is 28.6 Å². The van der Waals surface area contributed by atoms with E-state index in [1.54, 1.807) is 14.7 Å². The summed E-state index contributed by atoms with van der Waals surface area (Å²) in [6, 6.07) is 16.3. The number of H-pyrrole nitrogens is 1. The molecule has 1 aromatic heterocycles. The molecule has 8 N–H and O–H groups in total. The van der Waals surface area contributed by atoms with E-state index < -0.39 is 29.9 Å². The number of para-hydroxylation sites is 1. The smallest absolute Gasteiger partial charge is 0.317 e. The van der Waals surface area contributed by atoms with Gasteiger partial charge in [0.2, 0.25) is 5.91 Å². The average molecular weight is 725 g/mol. The van der Waals surface area contributed by atoms with Gasteiger partial charge in [0.25, 0.3) is 5.91 Å². The highest BCUT2D eigenvalue weighted by molar-refractivity contribution is 5.83. The Balaban J connectivity index is 1.23. The minimum absolute atomic E-state index is 0.0149. The van der Waals surface area contributed by atoms with Crippen molar-refractivity contribution in [1.29, 1.82) is 0 Å². The van der Waals surface area contributed by atoms with Crippen LogP contribution < -0.4 is 16.5 Å². The van der Waals surface area contributed by atoms with Crippen molar-refractivity contribution in [3.8, 4) is 0 Å². The molecule has 52 heavy (non-hydrogen) atoms. The molecule has 1 aliphatic heterocycles. The molecule has 0 saturated carbocycles. The first-order valence-electron chi connectivity index (χ1n) is 17.1.